The number of aliphatic hydroxyl groups is 1. The van der Waals surface area contributed by atoms with Gasteiger partial charge in [-0.05, 0) is 29.8 Å². The first-order valence-electron chi connectivity index (χ1n) is 7.99. The Bertz CT molecular complexity index is 896. The molecule has 0 aliphatic carbocycles. The molecule has 134 valence electrons. The number of ether oxygens (including phenoxy) is 1. The van der Waals surface area contributed by atoms with Crippen molar-refractivity contribution >= 4 is 5.91 Å². The lowest BCUT2D eigenvalue weighted by molar-refractivity contribution is 0.0908. The topological polar surface area (TPSA) is 76.4 Å². The van der Waals surface area contributed by atoms with Crippen molar-refractivity contribution in [1.29, 1.82) is 0 Å². The van der Waals surface area contributed by atoms with Gasteiger partial charge >= 0.3 is 0 Å². The van der Waals surface area contributed by atoms with Crippen LogP contribution in [-0.4, -0.2) is 34.4 Å². The molecule has 1 atom stereocenters. The van der Waals surface area contributed by atoms with Gasteiger partial charge in [-0.15, -0.1) is 0 Å². The van der Waals surface area contributed by atoms with Crippen LogP contribution in [-0.2, 0) is 0 Å². The van der Waals surface area contributed by atoms with Crippen molar-refractivity contribution in [3.63, 3.8) is 0 Å². The van der Waals surface area contributed by atoms with E-state index in [2.05, 4.69) is 10.4 Å². The van der Waals surface area contributed by atoms with Crippen LogP contribution in [0.2, 0.25) is 0 Å². The molecule has 2 N–H and O–H groups in total. The van der Waals surface area contributed by atoms with Crippen LogP contribution in [0.5, 0.6) is 5.75 Å². The van der Waals surface area contributed by atoms with Crippen LogP contribution in [0.25, 0.3) is 5.69 Å². The Kier molecular flexibility index (Phi) is 5.28. The smallest absolute Gasteiger partial charge is 0.275 e. The van der Waals surface area contributed by atoms with Crippen molar-refractivity contribution in [1.82, 2.24) is 15.1 Å². The number of hydrogen-bond acceptors (Lipinski definition) is 4. The van der Waals surface area contributed by atoms with E-state index in [1.807, 2.05) is 30.3 Å². The Morgan fingerprint density at radius 3 is 2.73 bits per heavy atom. The number of carbonyl (C=O) groups is 1. The zero-order valence-corrected chi connectivity index (χ0v) is 14.1. The fraction of sp³-hybridized carbons (Fsp3) is 0.158. The molecule has 2 aromatic carbocycles. The van der Waals surface area contributed by atoms with Gasteiger partial charge in [0.15, 0.2) is 11.4 Å². The number of aromatic nitrogens is 2. The van der Waals surface area contributed by atoms with Gasteiger partial charge in [0.2, 0.25) is 0 Å². The van der Waals surface area contributed by atoms with Crippen LogP contribution >= 0.6 is 0 Å². The number of methoxy groups -OCH3 is 1. The number of rotatable bonds is 6. The minimum atomic E-state index is -1.03. The average molecular weight is 355 g/mol. The summed E-state index contributed by atoms with van der Waals surface area (Å²) in [7, 11) is 1.45. The van der Waals surface area contributed by atoms with Gasteiger partial charge < -0.3 is 15.2 Å². The highest BCUT2D eigenvalue weighted by molar-refractivity contribution is 5.95. The van der Waals surface area contributed by atoms with Gasteiger partial charge in [0.25, 0.3) is 5.91 Å². The second-order valence-electron chi connectivity index (χ2n) is 5.61. The normalized spacial score (nSPS) is 11.8. The lowest BCUT2D eigenvalue weighted by Gasteiger charge is -2.12. The minimum Gasteiger partial charge on any atom is -0.493 e. The molecule has 6 nitrogen and oxygen atoms in total. The highest BCUT2D eigenvalue weighted by Gasteiger charge is 2.19. The molecule has 0 bridgehead atoms. The molecular formula is C19H18FN3O3. The maximum absolute atomic E-state index is 13.2. The van der Waals surface area contributed by atoms with Crippen molar-refractivity contribution in [2.75, 3.05) is 13.7 Å². The van der Waals surface area contributed by atoms with Gasteiger partial charge in [-0.25, -0.2) is 9.07 Å². The van der Waals surface area contributed by atoms with Gasteiger partial charge in [0, 0.05) is 6.54 Å². The number of nitrogens with zero attached hydrogens (tertiary/aromatic N) is 2. The van der Waals surface area contributed by atoms with Crippen molar-refractivity contribution < 1.29 is 19.0 Å². The van der Waals surface area contributed by atoms with E-state index in [-0.39, 0.29) is 12.2 Å². The minimum absolute atomic E-state index is 0.0797. The molecule has 0 spiro atoms. The average Bonchev–Trinajstić information content (AvgIpc) is 3.11. The molecule has 1 unspecified atom stereocenters. The standard InChI is InChI=1S/C19H18FN3O3/c1-26-17-12-23(15-8-3-2-4-9-15)22-18(17)19(25)21-11-16(24)13-6-5-7-14(20)10-13/h2-10,12,16,24H,11H2,1H3,(H,21,25). The monoisotopic (exact) mass is 355 g/mol. The van der Waals surface area contributed by atoms with Gasteiger partial charge in [0.05, 0.1) is 25.1 Å². The van der Waals surface area contributed by atoms with Crippen molar-refractivity contribution in [3.05, 3.63) is 77.9 Å². The summed E-state index contributed by atoms with van der Waals surface area (Å²) in [5, 5.41) is 17.0. The number of nitrogens with one attached hydrogen (secondary N) is 1. The molecule has 0 radical (unpaired) electrons. The lowest BCUT2D eigenvalue weighted by atomic mass is 10.1. The Labute approximate surface area is 149 Å². The first kappa shape index (κ1) is 17.6. The first-order chi connectivity index (χ1) is 12.6. The highest BCUT2D eigenvalue weighted by Crippen LogP contribution is 2.20. The maximum Gasteiger partial charge on any atom is 0.275 e. The number of benzene rings is 2. The number of para-hydroxylation sites is 1. The molecule has 26 heavy (non-hydrogen) atoms. The number of hydrogen-bond donors (Lipinski definition) is 2. The van der Waals surface area contributed by atoms with Crippen molar-refractivity contribution in [3.8, 4) is 11.4 Å². The van der Waals surface area contributed by atoms with E-state index in [0.29, 0.717) is 11.3 Å². The Morgan fingerprint density at radius 1 is 1.27 bits per heavy atom. The van der Waals surface area contributed by atoms with E-state index in [0.717, 1.165) is 5.69 Å². The molecule has 1 aromatic heterocycles. The third kappa shape index (κ3) is 3.89. The largest absolute Gasteiger partial charge is 0.493 e. The Morgan fingerprint density at radius 2 is 2.04 bits per heavy atom. The number of carbonyl (C=O) groups excluding carboxylic acids is 1. The molecule has 3 rings (SSSR count). The summed E-state index contributed by atoms with van der Waals surface area (Å²) >= 11 is 0. The Hall–Kier alpha value is -3.19. The predicted octanol–water partition coefficient (Wildman–Crippen LogP) is 2.48. The molecule has 0 saturated heterocycles. The SMILES string of the molecule is COc1cn(-c2ccccc2)nc1C(=O)NCC(O)c1cccc(F)c1. The lowest BCUT2D eigenvalue weighted by Crippen LogP contribution is -2.29. The van der Waals surface area contributed by atoms with Crippen LogP contribution in [0.3, 0.4) is 0 Å². The third-order valence-corrected chi connectivity index (χ3v) is 3.83. The fourth-order valence-electron chi connectivity index (χ4n) is 2.48. The summed E-state index contributed by atoms with van der Waals surface area (Å²) < 4.78 is 20.0. The van der Waals surface area contributed by atoms with Gasteiger partial charge in [-0.3, -0.25) is 4.79 Å². The number of amides is 1. The molecule has 3 aromatic rings. The van der Waals surface area contributed by atoms with Crippen LogP contribution in [0, 0.1) is 5.82 Å². The van der Waals surface area contributed by atoms with E-state index in [1.165, 1.54) is 30.0 Å². The molecule has 1 amide bonds. The quantitative estimate of drug-likeness (QED) is 0.712. The molecule has 0 aliphatic heterocycles. The van der Waals surface area contributed by atoms with Gasteiger partial charge in [-0.1, -0.05) is 30.3 Å². The Balaban J connectivity index is 1.72. The number of halogens is 1. The molecule has 7 heteroatoms. The zero-order valence-electron chi connectivity index (χ0n) is 14.1. The number of aliphatic hydroxyl groups excluding tert-OH is 1. The summed E-state index contributed by atoms with van der Waals surface area (Å²) in [6, 6.07) is 14.9. The predicted molar refractivity (Wildman–Crippen MR) is 93.8 cm³/mol. The van der Waals surface area contributed by atoms with Crippen molar-refractivity contribution in [2.45, 2.75) is 6.10 Å². The van der Waals surface area contributed by atoms with Gasteiger partial charge in [-0.2, -0.15) is 5.10 Å². The summed E-state index contributed by atoms with van der Waals surface area (Å²) in [4.78, 5) is 12.4. The highest BCUT2D eigenvalue weighted by atomic mass is 19.1. The van der Waals surface area contributed by atoms with Crippen LogP contribution in [0.1, 0.15) is 22.2 Å². The molecule has 0 aliphatic rings. The second kappa shape index (κ2) is 7.79. The maximum atomic E-state index is 13.2. The first-order valence-corrected chi connectivity index (χ1v) is 7.99. The van der Waals surface area contributed by atoms with Crippen LogP contribution in [0.4, 0.5) is 4.39 Å². The van der Waals surface area contributed by atoms with Gasteiger partial charge in [0.1, 0.15) is 5.82 Å². The molecule has 0 saturated carbocycles. The molecule has 1 heterocycles. The van der Waals surface area contributed by atoms with E-state index in [9.17, 15) is 14.3 Å². The van der Waals surface area contributed by atoms with Crippen LogP contribution in [0.15, 0.2) is 60.8 Å². The van der Waals surface area contributed by atoms with Crippen LogP contribution < -0.4 is 10.1 Å². The second-order valence-corrected chi connectivity index (χ2v) is 5.61. The third-order valence-electron chi connectivity index (χ3n) is 3.83. The molecular weight excluding hydrogens is 337 g/mol. The summed E-state index contributed by atoms with van der Waals surface area (Å²) in [5.41, 5.74) is 1.26. The molecule has 0 fully saturated rings. The summed E-state index contributed by atoms with van der Waals surface area (Å²) in [6.07, 6.45) is 0.574. The summed E-state index contributed by atoms with van der Waals surface area (Å²) in [5.74, 6) is -0.630. The fourth-order valence-corrected chi connectivity index (χ4v) is 2.48. The van der Waals surface area contributed by atoms with E-state index in [4.69, 9.17) is 4.74 Å². The van der Waals surface area contributed by atoms with E-state index >= 15 is 0 Å². The van der Waals surface area contributed by atoms with E-state index < -0.39 is 17.8 Å². The summed E-state index contributed by atoms with van der Waals surface area (Å²) in [6.45, 7) is -0.0797. The van der Waals surface area contributed by atoms with E-state index in [1.54, 1.807) is 12.3 Å². The van der Waals surface area contributed by atoms with Crippen molar-refractivity contribution in [2.24, 2.45) is 0 Å². The zero-order chi connectivity index (χ0) is 18.5.